The van der Waals surface area contributed by atoms with Crippen molar-refractivity contribution in [2.45, 2.75) is 45.6 Å². The molecule has 14 heavy (non-hydrogen) atoms. The number of rotatable bonds is 1. The second-order valence-corrected chi connectivity index (χ2v) is 5.23. The van der Waals surface area contributed by atoms with Crippen molar-refractivity contribution in [2.75, 3.05) is 0 Å². The third-order valence-electron chi connectivity index (χ3n) is 4.36. The van der Waals surface area contributed by atoms with Gasteiger partial charge in [-0.25, -0.2) is 0 Å². The number of hydrogen-bond donors (Lipinski definition) is 0. The van der Waals surface area contributed by atoms with Crippen LogP contribution in [-0.2, 0) is 0 Å². The van der Waals surface area contributed by atoms with Crippen molar-refractivity contribution in [3.05, 3.63) is 23.5 Å². The lowest BCUT2D eigenvalue weighted by Gasteiger charge is -2.26. The number of fused-ring (bicyclic) bond motifs is 2. The number of nitrogens with zero attached hydrogens (tertiary/aromatic N) is 1. The van der Waals surface area contributed by atoms with E-state index in [0.717, 1.165) is 17.9 Å². The lowest BCUT2D eigenvalue weighted by atomic mass is 9.95. The lowest BCUT2D eigenvalue weighted by molar-refractivity contribution is 0.322. The van der Waals surface area contributed by atoms with Crippen molar-refractivity contribution in [2.24, 2.45) is 11.8 Å². The van der Waals surface area contributed by atoms with Crippen molar-refractivity contribution in [3.8, 4) is 0 Å². The molecular formula is C13H19N. The first kappa shape index (κ1) is 8.58. The summed E-state index contributed by atoms with van der Waals surface area (Å²) in [4.78, 5) is 0. The van der Waals surface area contributed by atoms with Gasteiger partial charge < -0.3 is 4.57 Å². The Hall–Kier alpha value is -0.720. The van der Waals surface area contributed by atoms with Crippen LogP contribution in [0.1, 0.15) is 43.1 Å². The molecule has 1 aromatic rings. The molecule has 3 atom stereocenters. The molecule has 0 aromatic carbocycles. The highest BCUT2D eigenvalue weighted by Gasteiger charge is 2.40. The Kier molecular flexibility index (Phi) is 1.77. The Balaban J connectivity index is 1.96. The molecule has 0 radical (unpaired) electrons. The summed E-state index contributed by atoms with van der Waals surface area (Å²) in [6.07, 6.45) is 5.93. The summed E-state index contributed by atoms with van der Waals surface area (Å²) >= 11 is 0. The van der Waals surface area contributed by atoms with Crippen LogP contribution in [0.3, 0.4) is 0 Å². The van der Waals surface area contributed by atoms with Gasteiger partial charge in [-0.15, -0.1) is 0 Å². The summed E-state index contributed by atoms with van der Waals surface area (Å²) in [7, 11) is 0. The quantitative estimate of drug-likeness (QED) is 0.637. The minimum absolute atomic E-state index is 0.837. The van der Waals surface area contributed by atoms with Crippen LogP contribution in [0.5, 0.6) is 0 Å². The Morgan fingerprint density at radius 2 is 1.79 bits per heavy atom. The smallest absolute Gasteiger partial charge is 0.0366 e. The molecule has 1 aromatic heterocycles. The molecule has 0 spiro atoms. The van der Waals surface area contributed by atoms with Crippen molar-refractivity contribution in [3.63, 3.8) is 0 Å². The van der Waals surface area contributed by atoms with Crippen LogP contribution in [0.25, 0.3) is 0 Å². The van der Waals surface area contributed by atoms with Gasteiger partial charge in [0.05, 0.1) is 0 Å². The van der Waals surface area contributed by atoms with Crippen LogP contribution in [0.4, 0.5) is 0 Å². The monoisotopic (exact) mass is 189 g/mol. The van der Waals surface area contributed by atoms with Crippen molar-refractivity contribution < 1.29 is 0 Å². The van der Waals surface area contributed by atoms with Gasteiger partial charge in [-0.2, -0.15) is 0 Å². The number of hydrogen-bond acceptors (Lipinski definition) is 0. The Labute approximate surface area is 86.1 Å². The lowest BCUT2D eigenvalue weighted by Crippen LogP contribution is -2.18. The molecule has 2 bridgehead atoms. The van der Waals surface area contributed by atoms with Crippen LogP contribution in [0.2, 0.25) is 0 Å². The summed E-state index contributed by atoms with van der Waals surface area (Å²) in [5.74, 6) is 2.04. The molecule has 1 nitrogen and oxygen atoms in total. The highest BCUT2D eigenvalue weighted by atomic mass is 15.0. The minimum atomic E-state index is 0.837. The van der Waals surface area contributed by atoms with Gasteiger partial charge >= 0.3 is 0 Å². The van der Waals surface area contributed by atoms with Gasteiger partial charge in [-0.1, -0.05) is 6.42 Å². The topological polar surface area (TPSA) is 4.93 Å². The van der Waals surface area contributed by atoms with Crippen molar-refractivity contribution >= 4 is 0 Å². The SMILES string of the molecule is Cc1ccc(C)n1C1CC2CCC1C2. The first-order chi connectivity index (χ1) is 6.75. The first-order valence-electron chi connectivity index (χ1n) is 5.90. The fourth-order valence-electron chi connectivity index (χ4n) is 3.73. The first-order valence-corrected chi connectivity index (χ1v) is 5.90. The zero-order chi connectivity index (χ0) is 9.71. The Bertz CT molecular complexity index is 331. The van der Waals surface area contributed by atoms with E-state index in [4.69, 9.17) is 0 Å². The molecule has 0 amide bonds. The minimum Gasteiger partial charge on any atom is -0.346 e. The zero-order valence-corrected chi connectivity index (χ0v) is 9.16. The molecule has 1 heteroatoms. The van der Waals surface area contributed by atoms with Crippen LogP contribution < -0.4 is 0 Å². The van der Waals surface area contributed by atoms with Gasteiger partial charge in [0.2, 0.25) is 0 Å². The second-order valence-electron chi connectivity index (χ2n) is 5.23. The number of aromatic nitrogens is 1. The summed E-state index contributed by atoms with van der Waals surface area (Å²) in [5, 5.41) is 0. The largest absolute Gasteiger partial charge is 0.346 e. The van der Waals surface area contributed by atoms with Crippen molar-refractivity contribution in [1.29, 1.82) is 0 Å². The third-order valence-corrected chi connectivity index (χ3v) is 4.36. The van der Waals surface area contributed by atoms with Gasteiger partial charge in [-0.3, -0.25) is 0 Å². The fourth-order valence-corrected chi connectivity index (χ4v) is 3.73. The average Bonchev–Trinajstić information content (AvgIpc) is 2.81. The van der Waals surface area contributed by atoms with Crippen molar-refractivity contribution in [1.82, 2.24) is 4.57 Å². The normalized spacial score (nSPS) is 35.4. The highest BCUT2D eigenvalue weighted by molar-refractivity contribution is 5.16. The maximum absolute atomic E-state index is 2.59. The van der Waals surface area contributed by atoms with E-state index in [2.05, 4.69) is 30.5 Å². The predicted octanol–water partition coefficient (Wildman–Crippen LogP) is 3.47. The zero-order valence-electron chi connectivity index (χ0n) is 9.16. The number of aryl methyl sites for hydroxylation is 2. The van der Waals surface area contributed by atoms with E-state index >= 15 is 0 Å². The van der Waals surface area contributed by atoms with Gasteiger partial charge in [0.1, 0.15) is 0 Å². The van der Waals surface area contributed by atoms with E-state index in [1.165, 1.54) is 37.1 Å². The predicted molar refractivity (Wildman–Crippen MR) is 58.4 cm³/mol. The van der Waals surface area contributed by atoms with Gasteiger partial charge in [-0.05, 0) is 57.1 Å². The van der Waals surface area contributed by atoms with Gasteiger partial charge in [0.15, 0.2) is 0 Å². The summed E-state index contributed by atoms with van der Waals surface area (Å²) in [6, 6.07) is 5.37. The van der Waals surface area contributed by atoms with E-state index in [0.29, 0.717) is 0 Å². The van der Waals surface area contributed by atoms with Crippen LogP contribution in [0, 0.1) is 25.7 Å². The van der Waals surface area contributed by atoms with E-state index < -0.39 is 0 Å². The molecule has 2 aliphatic rings. The van der Waals surface area contributed by atoms with Crippen LogP contribution in [0.15, 0.2) is 12.1 Å². The van der Waals surface area contributed by atoms with E-state index in [1.807, 2.05) is 0 Å². The highest BCUT2D eigenvalue weighted by Crippen LogP contribution is 2.51. The average molecular weight is 189 g/mol. The molecule has 0 aliphatic heterocycles. The molecule has 2 fully saturated rings. The van der Waals surface area contributed by atoms with Gasteiger partial charge in [0.25, 0.3) is 0 Å². The van der Waals surface area contributed by atoms with Crippen LogP contribution in [-0.4, -0.2) is 4.57 Å². The molecule has 3 unspecified atom stereocenters. The molecule has 76 valence electrons. The van der Waals surface area contributed by atoms with E-state index in [-0.39, 0.29) is 0 Å². The summed E-state index contributed by atoms with van der Waals surface area (Å²) in [6.45, 7) is 4.50. The molecular weight excluding hydrogens is 170 g/mol. The van der Waals surface area contributed by atoms with Gasteiger partial charge in [0, 0.05) is 17.4 Å². The van der Waals surface area contributed by atoms with E-state index in [1.54, 1.807) is 0 Å². The maximum atomic E-state index is 2.59. The molecule has 0 N–H and O–H groups in total. The van der Waals surface area contributed by atoms with E-state index in [9.17, 15) is 0 Å². The molecule has 2 saturated carbocycles. The second kappa shape index (κ2) is 2.88. The molecule has 0 saturated heterocycles. The molecule has 2 aliphatic carbocycles. The Morgan fingerprint density at radius 1 is 1.07 bits per heavy atom. The molecule has 3 rings (SSSR count). The summed E-state index contributed by atoms with van der Waals surface area (Å²) in [5.41, 5.74) is 2.92. The maximum Gasteiger partial charge on any atom is 0.0366 e. The molecule has 1 heterocycles. The third kappa shape index (κ3) is 1.08. The standard InChI is InChI=1S/C13H19N/c1-9-3-4-10(2)14(9)13-8-11-5-6-12(13)7-11/h3-4,11-13H,5-8H2,1-2H3. The Morgan fingerprint density at radius 3 is 2.29 bits per heavy atom. The van der Waals surface area contributed by atoms with Crippen LogP contribution >= 0.6 is 0 Å². The fraction of sp³-hybridized carbons (Fsp3) is 0.692. The summed E-state index contributed by atoms with van der Waals surface area (Å²) < 4.78 is 2.59.